The fraction of sp³-hybridized carbons (Fsp3) is 0.471. The summed E-state index contributed by atoms with van der Waals surface area (Å²) >= 11 is 0. The van der Waals surface area contributed by atoms with Crippen molar-refractivity contribution in [1.82, 2.24) is 9.55 Å². The molecule has 0 unspecified atom stereocenters. The molecule has 1 aliphatic carbocycles. The summed E-state index contributed by atoms with van der Waals surface area (Å²) in [4.78, 5) is 14.3. The Kier molecular flexibility index (Phi) is 4.22. The van der Waals surface area contributed by atoms with E-state index in [-0.39, 0.29) is 11.6 Å². The van der Waals surface area contributed by atoms with Gasteiger partial charge in [0.2, 0.25) is 0 Å². The van der Waals surface area contributed by atoms with E-state index in [9.17, 15) is 4.79 Å². The van der Waals surface area contributed by atoms with Gasteiger partial charge in [-0.25, -0.2) is 4.79 Å². The largest absolute Gasteiger partial charge is 0.493 e. The van der Waals surface area contributed by atoms with Crippen LogP contribution in [0, 0.1) is 5.92 Å². The zero-order valence-electron chi connectivity index (χ0n) is 13.0. The lowest BCUT2D eigenvalue weighted by molar-refractivity contribution is 0.280. The van der Waals surface area contributed by atoms with E-state index >= 15 is 0 Å². The van der Waals surface area contributed by atoms with E-state index in [1.807, 2.05) is 18.2 Å². The van der Waals surface area contributed by atoms with Crippen molar-refractivity contribution in [3.05, 3.63) is 46.6 Å². The van der Waals surface area contributed by atoms with Crippen molar-refractivity contribution in [2.75, 3.05) is 13.7 Å². The molecular weight excluding hydrogens is 280 g/mol. The van der Waals surface area contributed by atoms with Crippen LogP contribution in [0.1, 0.15) is 31.2 Å². The van der Waals surface area contributed by atoms with Gasteiger partial charge in [0.05, 0.1) is 13.7 Å². The van der Waals surface area contributed by atoms with Crippen LogP contribution in [-0.4, -0.2) is 23.3 Å². The maximum atomic E-state index is 11.6. The molecule has 0 saturated heterocycles. The topological polar surface area (TPSA) is 56.2 Å². The van der Waals surface area contributed by atoms with E-state index in [4.69, 9.17) is 9.47 Å². The van der Waals surface area contributed by atoms with Gasteiger partial charge in [0.25, 0.3) is 0 Å². The summed E-state index contributed by atoms with van der Waals surface area (Å²) < 4.78 is 13.0. The monoisotopic (exact) mass is 302 g/mol. The minimum Gasteiger partial charge on any atom is -0.493 e. The smallest absolute Gasteiger partial charge is 0.325 e. The van der Waals surface area contributed by atoms with Crippen LogP contribution >= 0.6 is 0 Å². The molecule has 0 bridgehead atoms. The Labute approximate surface area is 129 Å². The van der Waals surface area contributed by atoms with E-state index in [0.29, 0.717) is 12.5 Å². The first-order valence-corrected chi connectivity index (χ1v) is 7.72. The van der Waals surface area contributed by atoms with Crippen molar-refractivity contribution in [2.24, 2.45) is 5.92 Å². The number of hydrogen-bond donors (Lipinski definition) is 1. The van der Waals surface area contributed by atoms with Gasteiger partial charge < -0.3 is 14.5 Å². The van der Waals surface area contributed by atoms with Crippen LogP contribution < -0.4 is 15.2 Å². The Balaban J connectivity index is 1.75. The second-order valence-electron chi connectivity index (χ2n) is 5.98. The van der Waals surface area contributed by atoms with Gasteiger partial charge in [0, 0.05) is 18.9 Å². The summed E-state index contributed by atoms with van der Waals surface area (Å²) in [6, 6.07) is 6.00. The number of nitrogens with one attached hydrogen (secondary N) is 1. The number of aromatic amines is 1. The lowest BCUT2D eigenvalue weighted by Crippen LogP contribution is -2.19. The maximum Gasteiger partial charge on any atom is 0.325 e. The van der Waals surface area contributed by atoms with Gasteiger partial charge in [-0.15, -0.1) is 0 Å². The number of benzene rings is 1. The molecular formula is C17H22N2O3. The fourth-order valence-corrected chi connectivity index (χ4v) is 2.50. The third-order valence-electron chi connectivity index (χ3n) is 4.12. The zero-order valence-corrected chi connectivity index (χ0v) is 13.0. The Morgan fingerprint density at radius 2 is 2.18 bits per heavy atom. The molecule has 1 heterocycles. The van der Waals surface area contributed by atoms with Gasteiger partial charge in [-0.05, 0) is 42.4 Å². The predicted octanol–water partition coefficient (Wildman–Crippen LogP) is 2.78. The average molecular weight is 302 g/mol. The molecule has 1 aromatic heterocycles. The molecule has 1 N–H and O–H groups in total. The third kappa shape index (κ3) is 3.35. The molecule has 22 heavy (non-hydrogen) atoms. The van der Waals surface area contributed by atoms with Crippen LogP contribution in [0.25, 0.3) is 0 Å². The summed E-state index contributed by atoms with van der Waals surface area (Å²) in [5, 5.41) is 0. The van der Waals surface area contributed by atoms with Crippen LogP contribution in [0.2, 0.25) is 0 Å². The molecule has 0 spiro atoms. The lowest BCUT2D eigenvalue weighted by Gasteiger charge is -2.16. The van der Waals surface area contributed by atoms with Crippen molar-refractivity contribution >= 4 is 0 Å². The number of hydrogen-bond acceptors (Lipinski definition) is 3. The summed E-state index contributed by atoms with van der Waals surface area (Å²) in [5.41, 5.74) is 1.06. The van der Waals surface area contributed by atoms with Gasteiger partial charge in [-0.2, -0.15) is 0 Å². The molecule has 2 aromatic rings. The zero-order chi connectivity index (χ0) is 15.5. The Morgan fingerprint density at radius 1 is 1.36 bits per heavy atom. The molecule has 0 amide bonds. The summed E-state index contributed by atoms with van der Waals surface area (Å²) in [5.74, 6) is 2.46. The molecule has 118 valence electrons. The van der Waals surface area contributed by atoms with E-state index in [0.717, 1.165) is 23.7 Å². The van der Waals surface area contributed by atoms with Gasteiger partial charge in [-0.3, -0.25) is 4.57 Å². The standard InChI is InChI=1S/C17H22N2O3/c1-12(10-19-8-7-18-17(19)20)14-5-6-15(21-2)16(9-14)22-11-13-3-4-13/h5-9,12-13H,3-4,10-11H2,1-2H3,(H,18,20)/t12-/m1/s1. The summed E-state index contributed by atoms with van der Waals surface area (Å²) in [6.07, 6.45) is 5.95. The molecule has 1 saturated carbocycles. The number of rotatable bonds is 7. The van der Waals surface area contributed by atoms with Gasteiger partial charge in [-0.1, -0.05) is 13.0 Å². The molecule has 0 aliphatic heterocycles. The SMILES string of the molecule is COc1ccc([C@H](C)Cn2cc[nH]c2=O)cc1OCC1CC1. The average Bonchev–Trinajstić information content (AvgIpc) is 3.28. The highest BCUT2D eigenvalue weighted by Gasteiger charge is 2.23. The number of aromatic nitrogens is 2. The van der Waals surface area contributed by atoms with Crippen molar-refractivity contribution in [3.8, 4) is 11.5 Å². The summed E-state index contributed by atoms with van der Waals surface area (Å²) in [6.45, 7) is 3.49. The summed E-state index contributed by atoms with van der Waals surface area (Å²) in [7, 11) is 1.65. The normalized spacial score (nSPS) is 15.5. The van der Waals surface area contributed by atoms with Crippen LogP contribution in [0.4, 0.5) is 0 Å². The molecule has 5 heteroatoms. The van der Waals surface area contributed by atoms with Gasteiger partial charge in [0.1, 0.15) is 0 Å². The van der Waals surface area contributed by atoms with E-state index in [1.165, 1.54) is 12.8 Å². The minimum atomic E-state index is -0.0782. The number of nitrogens with zero attached hydrogens (tertiary/aromatic N) is 1. The molecule has 1 aromatic carbocycles. The van der Waals surface area contributed by atoms with Crippen LogP contribution in [-0.2, 0) is 6.54 Å². The lowest BCUT2D eigenvalue weighted by atomic mass is 10.0. The van der Waals surface area contributed by atoms with E-state index in [1.54, 1.807) is 24.1 Å². The van der Waals surface area contributed by atoms with Crippen LogP contribution in [0.5, 0.6) is 11.5 Å². The number of ether oxygens (including phenoxy) is 2. The molecule has 1 atom stereocenters. The molecule has 1 fully saturated rings. The fourth-order valence-electron chi connectivity index (χ4n) is 2.50. The Morgan fingerprint density at radius 3 is 2.82 bits per heavy atom. The second-order valence-corrected chi connectivity index (χ2v) is 5.98. The Bertz CT molecular complexity index is 685. The first-order chi connectivity index (χ1) is 10.7. The molecule has 5 nitrogen and oxygen atoms in total. The van der Waals surface area contributed by atoms with Crippen molar-refractivity contribution < 1.29 is 9.47 Å². The van der Waals surface area contributed by atoms with Crippen molar-refractivity contribution in [1.29, 1.82) is 0 Å². The highest BCUT2D eigenvalue weighted by molar-refractivity contribution is 5.44. The highest BCUT2D eigenvalue weighted by atomic mass is 16.5. The third-order valence-corrected chi connectivity index (χ3v) is 4.12. The predicted molar refractivity (Wildman–Crippen MR) is 84.7 cm³/mol. The van der Waals surface area contributed by atoms with Crippen LogP contribution in [0.3, 0.4) is 0 Å². The molecule has 1 aliphatic rings. The molecule has 3 rings (SSSR count). The first kappa shape index (κ1) is 14.8. The number of imidazole rings is 1. The quantitative estimate of drug-likeness (QED) is 0.855. The van der Waals surface area contributed by atoms with Crippen molar-refractivity contribution in [3.63, 3.8) is 0 Å². The number of methoxy groups -OCH3 is 1. The van der Waals surface area contributed by atoms with E-state index in [2.05, 4.69) is 11.9 Å². The van der Waals surface area contributed by atoms with Gasteiger partial charge in [0.15, 0.2) is 11.5 Å². The van der Waals surface area contributed by atoms with E-state index < -0.39 is 0 Å². The van der Waals surface area contributed by atoms with Crippen molar-refractivity contribution in [2.45, 2.75) is 32.2 Å². The van der Waals surface area contributed by atoms with Gasteiger partial charge >= 0.3 is 5.69 Å². The minimum absolute atomic E-state index is 0.0782. The molecule has 0 radical (unpaired) electrons. The Hall–Kier alpha value is -2.17. The highest BCUT2D eigenvalue weighted by Crippen LogP contribution is 2.34. The maximum absolute atomic E-state index is 11.6. The second kappa shape index (κ2) is 6.30. The van der Waals surface area contributed by atoms with Crippen LogP contribution in [0.15, 0.2) is 35.4 Å². The number of H-pyrrole nitrogens is 1. The first-order valence-electron chi connectivity index (χ1n) is 7.72.